The van der Waals surface area contributed by atoms with Crippen LogP contribution in [0.25, 0.3) is 0 Å². The Morgan fingerprint density at radius 3 is 2.47 bits per heavy atom. The molecule has 0 aromatic heterocycles. The summed E-state index contributed by atoms with van der Waals surface area (Å²) in [5.41, 5.74) is 0.273. The van der Waals surface area contributed by atoms with Crippen LogP contribution in [0.4, 0.5) is 0 Å². The van der Waals surface area contributed by atoms with Crippen molar-refractivity contribution in [1.82, 2.24) is 0 Å². The highest BCUT2D eigenvalue weighted by Crippen LogP contribution is 2.40. The van der Waals surface area contributed by atoms with E-state index in [9.17, 15) is 19.5 Å². The number of hydrogen-bond acceptors (Lipinski definition) is 8. The third kappa shape index (κ3) is 4.06. The number of esters is 3. The number of rotatable bonds is 3. The van der Waals surface area contributed by atoms with Gasteiger partial charge in [0.25, 0.3) is 0 Å². The molecule has 1 N–H and O–H groups in total. The van der Waals surface area contributed by atoms with E-state index in [1.54, 1.807) is 39.8 Å². The molecule has 2 aliphatic heterocycles. The van der Waals surface area contributed by atoms with E-state index in [-0.39, 0.29) is 11.7 Å². The van der Waals surface area contributed by atoms with Crippen LogP contribution in [-0.4, -0.2) is 59.1 Å². The summed E-state index contributed by atoms with van der Waals surface area (Å²) in [6.45, 7) is 11.9. The maximum atomic E-state index is 12.7. The third-order valence-electron chi connectivity index (χ3n) is 6.07. The van der Waals surface area contributed by atoms with Crippen molar-refractivity contribution in [3.8, 4) is 0 Å². The molecule has 2 fully saturated rings. The number of epoxide rings is 1. The molecular formula is C22H28O8. The minimum absolute atomic E-state index is 0.0947. The largest absolute Gasteiger partial charge is 0.458 e. The second-order valence-corrected chi connectivity index (χ2v) is 8.30. The first-order valence-corrected chi connectivity index (χ1v) is 9.94. The fourth-order valence-corrected chi connectivity index (χ4v) is 3.85. The molecular weight excluding hydrogens is 392 g/mol. The summed E-state index contributed by atoms with van der Waals surface area (Å²) in [7, 11) is 0. The third-order valence-corrected chi connectivity index (χ3v) is 6.07. The SMILES string of the molecule is C=C1C(=O)O[C@@H]2/C=C(\C)[C@@H](OC(C)=O)C/C=C(\C)C(OC(=O)[C@]3(C)O[C@@H]3C)C(O)[C@@H]12. The van der Waals surface area contributed by atoms with E-state index in [0.29, 0.717) is 17.6 Å². The molecule has 2 heterocycles. The summed E-state index contributed by atoms with van der Waals surface area (Å²) in [6, 6.07) is 0. The highest BCUT2D eigenvalue weighted by Gasteiger charge is 2.58. The van der Waals surface area contributed by atoms with Gasteiger partial charge in [0.05, 0.1) is 12.0 Å². The molecule has 7 atom stereocenters. The molecule has 3 aliphatic rings. The fraction of sp³-hybridized carbons (Fsp3) is 0.591. The smallest absolute Gasteiger partial charge is 0.341 e. The Balaban J connectivity index is 1.98. The van der Waals surface area contributed by atoms with Crippen LogP contribution in [0, 0.1) is 5.92 Å². The van der Waals surface area contributed by atoms with Crippen LogP contribution in [0.5, 0.6) is 0 Å². The van der Waals surface area contributed by atoms with E-state index in [2.05, 4.69) is 6.58 Å². The number of hydrogen-bond donors (Lipinski definition) is 1. The van der Waals surface area contributed by atoms with Gasteiger partial charge in [0, 0.05) is 18.9 Å². The summed E-state index contributed by atoms with van der Waals surface area (Å²) in [5.74, 6) is -2.50. The average molecular weight is 420 g/mol. The van der Waals surface area contributed by atoms with Gasteiger partial charge < -0.3 is 24.1 Å². The van der Waals surface area contributed by atoms with E-state index in [1.165, 1.54) is 6.92 Å². The minimum Gasteiger partial charge on any atom is -0.458 e. The van der Waals surface area contributed by atoms with Crippen LogP contribution in [-0.2, 0) is 33.3 Å². The second-order valence-electron chi connectivity index (χ2n) is 8.30. The van der Waals surface area contributed by atoms with E-state index in [1.807, 2.05) is 0 Å². The van der Waals surface area contributed by atoms with E-state index >= 15 is 0 Å². The Labute approximate surface area is 175 Å². The zero-order chi connectivity index (χ0) is 22.4. The average Bonchev–Trinajstić information content (AvgIpc) is 3.18. The molecule has 0 saturated carbocycles. The van der Waals surface area contributed by atoms with Crippen molar-refractivity contribution in [2.75, 3.05) is 0 Å². The van der Waals surface area contributed by atoms with Crippen molar-refractivity contribution in [2.45, 2.75) is 77.2 Å². The van der Waals surface area contributed by atoms with Crippen molar-refractivity contribution >= 4 is 17.9 Å². The first-order valence-electron chi connectivity index (χ1n) is 9.94. The first-order chi connectivity index (χ1) is 14.0. The predicted molar refractivity (Wildman–Crippen MR) is 105 cm³/mol. The maximum Gasteiger partial charge on any atom is 0.341 e. The molecule has 0 radical (unpaired) electrons. The number of carbonyl (C=O) groups excluding carboxylic acids is 3. The van der Waals surface area contributed by atoms with Crippen molar-refractivity contribution in [2.24, 2.45) is 5.92 Å². The number of carbonyl (C=O) groups is 3. The van der Waals surface area contributed by atoms with Gasteiger partial charge in [-0.1, -0.05) is 12.7 Å². The van der Waals surface area contributed by atoms with Crippen molar-refractivity contribution < 1.29 is 38.4 Å². The van der Waals surface area contributed by atoms with E-state index in [0.717, 1.165) is 0 Å². The van der Waals surface area contributed by atoms with Crippen LogP contribution in [0.1, 0.15) is 41.0 Å². The highest BCUT2D eigenvalue weighted by atomic mass is 16.7. The molecule has 2 unspecified atom stereocenters. The maximum absolute atomic E-state index is 12.7. The van der Waals surface area contributed by atoms with Crippen LogP contribution >= 0.6 is 0 Å². The van der Waals surface area contributed by atoms with Gasteiger partial charge in [0.1, 0.15) is 24.4 Å². The Kier molecular flexibility index (Phi) is 5.93. The van der Waals surface area contributed by atoms with Gasteiger partial charge in [0.15, 0.2) is 5.60 Å². The molecule has 0 bridgehead atoms. The lowest BCUT2D eigenvalue weighted by atomic mass is 9.83. The fourth-order valence-electron chi connectivity index (χ4n) is 3.85. The molecule has 164 valence electrons. The summed E-state index contributed by atoms with van der Waals surface area (Å²) >= 11 is 0. The lowest BCUT2D eigenvalue weighted by Gasteiger charge is -2.31. The van der Waals surface area contributed by atoms with Crippen LogP contribution in [0.2, 0.25) is 0 Å². The van der Waals surface area contributed by atoms with E-state index in [4.69, 9.17) is 18.9 Å². The lowest BCUT2D eigenvalue weighted by Crippen LogP contribution is -2.44. The Morgan fingerprint density at radius 2 is 1.90 bits per heavy atom. The van der Waals surface area contributed by atoms with Gasteiger partial charge in [-0.3, -0.25) is 4.79 Å². The minimum atomic E-state index is -1.26. The molecule has 3 rings (SSSR count). The topological polar surface area (TPSA) is 112 Å². The number of ether oxygens (including phenoxy) is 4. The lowest BCUT2D eigenvalue weighted by molar-refractivity contribution is -0.160. The van der Waals surface area contributed by atoms with E-state index < -0.39 is 53.8 Å². The normalized spacial score (nSPS) is 42.1. The molecule has 1 aliphatic carbocycles. The van der Waals surface area contributed by atoms with Crippen LogP contribution < -0.4 is 0 Å². The van der Waals surface area contributed by atoms with Gasteiger partial charge in [0.2, 0.25) is 0 Å². The number of aliphatic hydroxyl groups excluding tert-OH is 1. The van der Waals surface area contributed by atoms with Gasteiger partial charge in [-0.05, 0) is 44.9 Å². The first kappa shape index (κ1) is 22.2. The summed E-state index contributed by atoms with van der Waals surface area (Å²) in [6.07, 6.45) is -0.284. The van der Waals surface area contributed by atoms with Crippen molar-refractivity contribution in [3.63, 3.8) is 0 Å². The predicted octanol–water partition coefficient (Wildman–Crippen LogP) is 1.76. The van der Waals surface area contributed by atoms with Gasteiger partial charge in [-0.25, -0.2) is 9.59 Å². The van der Waals surface area contributed by atoms with Crippen LogP contribution in [0.15, 0.2) is 35.5 Å². The van der Waals surface area contributed by atoms with Gasteiger partial charge in [-0.15, -0.1) is 0 Å². The molecule has 0 aromatic rings. The molecule has 0 amide bonds. The summed E-state index contributed by atoms with van der Waals surface area (Å²) < 4.78 is 21.8. The van der Waals surface area contributed by atoms with Gasteiger partial charge in [-0.2, -0.15) is 0 Å². The molecule has 8 nitrogen and oxygen atoms in total. The van der Waals surface area contributed by atoms with Crippen LogP contribution in [0.3, 0.4) is 0 Å². The molecule has 2 saturated heterocycles. The zero-order valence-electron chi connectivity index (χ0n) is 17.8. The second kappa shape index (κ2) is 8.00. The molecule has 8 heteroatoms. The standard InChI is InChI=1S/C22H28O8/c1-10-7-8-15(27-14(5)23)11(2)9-16-17(12(3)20(25)28-16)18(24)19(10)29-21(26)22(6)13(4)30-22/h7,9,13,15-19,24H,3,8H2,1-2,4-6H3/b10-7+,11-9+/t13-,15+,16-,17+,18?,19?,22-/m1/s1. The molecule has 0 spiro atoms. The zero-order valence-corrected chi connectivity index (χ0v) is 17.8. The molecule has 0 aromatic carbocycles. The summed E-state index contributed by atoms with van der Waals surface area (Å²) in [5, 5.41) is 11.2. The van der Waals surface area contributed by atoms with Gasteiger partial charge >= 0.3 is 17.9 Å². The number of aliphatic hydroxyl groups is 1. The Morgan fingerprint density at radius 1 is 1.27 bits per heavy atom. The monoisotopic (exact) mass is 420 g/mol. The highest BCUT2D eigenvalue weighted by molar-refractivity contribution is 5.91. The quantitative estimate of drug-likeness (QED) is 0.242. The molecule has 30 heavy (non-hydrogen) atoms. The van der Waals surface area contributed by atoms with Crippen molar-refractivity contribution in [3.05, 3.63) is 35.5 Å². The Hall–Kier alpha value is -2.45. The Bertz CT molecular complexity index is 840. The van der Waals surface area contributed by atoms with Crippen molar-refractivity contribution in [1.29, 1.82) is 0 Å². The summed E-state index contributed by atoms with van der Waals surface area (Å²) in [4.78, 5) is 36.4. The number of fused-ring (bicyclic) bond motifs is 1.